The fraction of sp³-hybridized carbons (Fsp3) is 0.500. The van der Waals surface area contributed by atoms with Gasteiger partial charge in [0.1, 0.15) is 0 Å². The van der Waals surface area contributed by atoms with Gasteiger partial charge in [0.2, 0.25) is 0 Å². The van der Waals surface area contributed by atoms with E-state index in [9.17, 15) is 0 Å². The third-order valence-electron chi connectivity index (χ3n) is 0.670. The number of nitrogens with zero attached hydrogens (tertiary/aromatic N) is 1. The molecule has 0 saturated carbocycles. The number of nitrogens with one attached hydrogen (secondary N) is 1. The van der Waals surface area contributed by atoms with Crippen LogP contribution in [0.3, 0.4) is 0 Å². The fourth-order valence-electron chi connectivity index (χ4n) is 0.215. The van der Waals surface area contributed by atoms with Crippen LogP contribution in [0.25, 0.3) is 0 Å². The molecular weight excluding hydrogens is 132 g/mol. The standard InChI is InChI=1S/C3H4N2.C3H8O2/c1-2-5-3-4-1;1-3(5)2-4/h1-3H,(H,4,5);3-5H,2H2,1H3. The second kappa shape index (κ2) is 6.25. The first kappa shape index (κ1) is 9.13. The molecule has 3 N–H and O–H groups in total. The van der Waals surface area contributed by atoms with E-state index in [-0.39, 0.29) is 6.61 Å². The molecule has 0 aromatic carbocycles. The highest BCUT2D eigenvalue weighted by atomic mass is 16.3. The molecule has 1 aromatic heterocycles. The van der Waals surface area contributed by atoms with Crippen LogP contribution in [-0.4, -0.2) is 32.9 Å². The van der Waals surface area contributed by atoms with E-state index in [1.54, 1.807) is 18.7 Å². The molecule has 4 nitrogen and oxygen atoms in total. The van der Waals surface area contributed by atoms with Crippen molar-refractivity contribution in [3.63, 3.8) is 0 Å². The van der Waals surface area contributed by atoms with Gasteiger partial charge >= 0.3 is 0 Å². The van der Waals surface area contributed by atoms with Gasteiger partial charge in [0, 0.05) is 12.4 Å². The van der Waals surface area contributed by atoms with Crippen LogP contribution in [0.2, 0.25) is 0 Å². The van der Waals surface area contributed by atoms with Gasteiger partial charge in [0.15, 0.2) is 0 Å². The third kappa shape index (κ3) is 7.13. The smallest absolute Gasteiger partial charge is 0.0919 e. The second-order valence-corrected chi connectivity index (χ2v) is 1.79. The summed E-state index contributed by atoms with van der Waals surface area (Å²) in [6, 6.07) is 0. The maximum Gasteiger partial charge on any atom is 0.0919 e. The molecule has 0 radical (unpaired) electrons. The quantitative estimate of drug-likeness (QED) is 0.510. The predicted molar refractivity (Wildman–Crippen MR) is 37.4 cm³/mol. The lowest BCUT2D eigenvalue weighted by Crippen LogP contribution is -2.03. The summed E-state index contributed by atoms with van der Waals surface area (Å²) in [7, 11) is 0. The number of aromatic amines is 1. The fourth-order valence-corrected chi connectivity index (χ4v) is 0.215. The minimum absolute atomic E-state index is 0.139. The Morgan fingerprint density at radius 2 is 2.30 bits per heavy atom. The molecule has 0 fully saturated rings. The highest BCUT2D eigenvalue weighted by Crippen LogP contribution is 1.68. The summed E-state index contributed by atoms with van der Waals surface area (Å²) in [4.78, 5) is 6.42. The van der Waals surface area contributed by atoms with Crippen LogP contribution in [-0.2, 0) is 0 Å². The molecule has 1 aromatic rings. The van der Waals surface area contributed by atoms with Gasteiger partial charge in [-0.2, -0.15) is 0 Å². The van der Waals surface area contributed by atoms with Crippen LogP contribution >= 0.6 is 0 Å². The van der Waals surface area contributed by atoms with E-state index in [4.69, 9.17) is 10.2 Å². The van der Waals surface area contributed by atoms with Crippen LogP contribution in [0, 0.1) is 0 Å². The lowest BCUT2D eigenvalue weighted by molar-refractivity contribution is 0.110. The number of H-pyrrole nitrogens is 1. The molecule has 0 aliphatic carbocycles. The molecule has 1 heterocycles. The SMILES string of the molecule is CC(O)CO.c1c[nH]cn1. The summed E-state index contributed by atoms with van der Waals surface area (Å²) in [5.74, 6) is 0. The van der Waals surface area contributed by atoms with Crippen LogP contribution in [0.15, 0.2) is 18.7 Å². The maximum absolute atomic E-state index is 8.11. The molecule has 10 heavy (non-hydrogen) atoms. The Balaban J connectivity index is 0.000000162. The first-order chi connectivity index (χ1) is 4.77. The van der Waals surface area contributed by atoms with E-state index in [0.717, 1.165) is 0 Å². The van der Waals surface area contributed by atoms with Crippen LogP contribution < -0.4 is 0 Å². The van der Waals surface area contributed by atoms with E-state index < -0.39 is 6.10 Å². The molecule has 0 amide bonds. The molecule has 0 aliphatic rings. The molecule has 0 bridgehead atoms. The molecule has 0 aliphatic heterocycles. The van der Waals surface area contributed by atoms with Gasteiger partial charge in [0.25, 0.3) is 0 Å². The Hall–Kier alpha value is -0.870. The van der Waals surface area contributed by atoms with Crippen molar-refractivity contribution < 1.29 is 10.2 Å². The Morgan fingerprint density at radius 3 is 2.40 bits per heavy atom. The first-order valence-electron chi connectivity index (χ1n) is 2.99. The van der Waals surface area contributed by atoms with Crippen molar-refractivity contribution in [1.29, 1.82) is 0 Å². The number of aromatic nitrogens is 2. The topological polar surface area (TPSA) is 69.1 Å². The van der Waals surface area contributed by atoms with Gasteiger partial charge in [0.05, 0.1) is 19.0 Å². The monoisotopic (exact) mass is 144 g/mol. The van der Waals surface area contributed by atoms with Crippen molar-refractivity contribution >= 4 is 0 Å². The molecule has 58 valence electrons. The number of imidazole rings is 1. The summed E-state index contributed by atoms with van der Waals surface area (Å²) >= 11 is 0. The maximum atomic E-state index is 8.11. The molecule has 1 rings (SSSR count). The van der Waals surface area contributed by atoms with Gasteiger partial charge in [-0.1, -0.05) is 0 Å². The predicted octanol–water partition coefficient (Wildman–Crippen LogP) is -0.231. The average molecular weight is 144 g/mol. The largest absolute Gasteiger partial charge is 0.394 e. The molecule has 4 heteroatoms. The van der Waals surface area contributed by atoms with Crippen molar-refractivity contribution in [3.05, 3.63) is 18.7 Å². The van der Waals surface area contributed by atoms with Crippen molar-refractivity contribution in [2.75, 3.05) is 6.61 Å². The van der Waals surface area contributed by atoms with Crippen LogP contribution in [0.1, 0.15) is 6.92 Å². The highest BCUT2D eigenvalue weighted by Gasteiger charge is 1.83. The highest BCUT2D eigenvalue weighted by molar-refractivity contribution is 4.64. The molecular formula is C6H12N2O2. The minimum Gasteiger partial charge on any atom is -0.394 e. The molecule has 1 atom stereocenters. The van der Waals surface area contributed by atoms with Gasteiger partial charge in [-0.05, 0) is 6.92 Å². The van der Waals surface area contributed by atoms with Crippen molar-refractivity contribution in [2.45, 2.75) is 13.0 Å². The van der Waals surface area contributed by atoms with Crippen LogP contribution in [0.4, 0.5) is 0 Å². The van der Waals surface area contributed by atoms with Gasteiger partial charge in [-0.25, -0.2) is 4.98 Å². The molecule has 1 unspecified atom stereocenters. The zero-order chi connectivity index (χ0) is 7.82. The van der Waals surface area contributed by atoms with E-state index in [1.807, 2.05) is 0 Å². The van der Waals surface area contributed by atoms with E-state index in [0.29, 0.717) is 0 Å². The summed E-state index contributed by atoms with van der Waals surface area (Å²) < 4.78 is 0. The molecule has 0 saturated heterocycles. The number of hydrogen-bond donors (Lipinski definition) is 3. The average Bonchev–Trinajstić information content (AvgIpc) is 2.43. The second-order valence-electron chi connectivity index (χ2n) is 1.79. The van der Waals surface area contributed by atoms with E-state index in [1.165, 1.54) is 6.92 Å². The van der Waals surface area contributed by atoms with Crippen molar-refractivity contribution in [1.82, 2.24) is 9.97 Å². The lowest BCUT2D eigenvalue weighted by Gasteiger charge is -1.90. The number of hydrogen-bond acceptors (Lipinski definition) is 3. The Bertz CT molecular complexity index is 111. The summed E-state index contributed by atoms with van der Waals surface area (Å²) in [5.41, 5.74) is 0. The summed E-state index contributed by atoms with van der Waals surface area (Å²) in [6.07, 6.45) is 4.52. The zero-order valence-corrected chi connectivity index (χ0v) is 5.86. The number of aliphatic hydroxyl groups is 2. The Kier molecular flexibility index (Phi) is 5.71. The van der Waals surface area contributed by atoms with E-state index in [2.05, 4.69) is 9.97 Å². The van der Waals surface area contributed by atoms with Crippen LogP contribution in [0.5, 0.6) is 0 Å². The van der Waals surface area contributed by atoms with Gasteiger partial charge in [-0.3, -0.25) is 0 Å². The van der Waals surface area contributed by atoms with Crippen molar-refractivity contribution in [2.24, 2.45) is 0 Å². The number of aliphatic hydroxyl groups excluding tert-OH is 2. The minimum atomic E-state index is -0.560. The van der Waals surface area contributed by atoms with Crippen molar-refractivity contribution in [3.8, 4) is 0 Å². The lowest BCUT2D eigenvalue weighted by atomic mass is 10.5. The summed E-state index contributed by atoms with van der Waals surface area (Å²) in [6.45, 7) is 1.39. The number of rotatable bonds is 1. The van der Waals surface area contributed by atoms with Gasteiger partial charge < -0.3 is 15.2 Å². The van der Waals surface area contributed by atoms with Gasteiger partial charge in [-0.15, -0.1) is 0 Å². The summed E-state index contributed by atoms with van der Waals surface area (Å²) in [5, 5.41) is 16.0. The Labute approximate surface area is 59.5 Å². The first-order valence-corrected chi connectivity index (χ1v) is 2.99. The Morgan fingerprint density at radius 1 is 1.70 bits per heavy atom. The normalized spacial score (nSPS) is 11.5. The third-order valence-corrected chi connectivity index (χ3v) is 0.670. The zero-order valence-electron chi connectivity index (χ0n) is 5.86. The van der Waals surface area contributed by atoms with E-state index >= 15 is 0 Å². The molecule has 0 spiro atoms.